The molecule has 2 aromatic rings. The molecule has 0 saturated heterocycles. The van der Waals surface area contributed by atoms with Gasteiger partial charge >= 0.3 is 0 Å². The van der Waals surface area contributed by atoms with Crippen molar-refractivity contribution >= 4 is 31.7 Å². The van der Waals surface area contributed by atoms with Crippen molar-refractivity contribution in [2.24, 2.45) is 0 Å². The summed E-state index contributed by atoms with van der Waals surface area (Å²) in [5, 5.41) is 2.98. The Bertz CT molecular complexity index is 675. The standard InChI is InChI=1S/C12H11BrN2O3S/c13-10-7-14-8-11(19(16,17)18)12(10)15-6-9-4-2-1-3-5-9/h1-5,7-8H,6H2,(H,14,15)(H,16,17,18). The van der Waals surface area contributed by atoms with E-state index in [9.17, 15) is 8.42 Å². The number of rotatable bonds is 4. The Morgan fingerprint density at radius 1 is 1.21 bits per heavy atom. The number of nitrogens with zero attached hydrogens (tertiary/aromatic N) is 1. The van der Waals surface area contributed by atoms with Gasteiger partial charge in [-0.05, 0) is 21.5 Å². The first kappa shape index (κ1) is 14.0. The maximum atomic E-state index is 11.3. The summed E-state index contributed by atoms with van der Waals surface area (Å²) in [4.78, 5) is 3.49. The van der Waals surface area contributed by atoms with Crippen molar-refractivity contribution in [1.82, 2.24) is 4.98 Å². The third kappa shape index (κ3) is 3.52. The van der Waals surface area contributed by atoms with Gasteiger partial charge in [0.1, 0.15) is 4.90 Å². The number of anilines is 1. The van der Waals surface area contributed by atoms with Crippen molar-refractivity contribution in [1.29, 1.82) is 0 Å². The van der Waals surface area contributed by atoms with Crippen LogP contribution in [-0.4, -0.2) is 18.0 Å². The van der Waals surface area contributed by atoms with Crippen molar-refractivity contribution in [3.05, 3.63) is 52.8 Å². The monoisotopic (exact) mass is 342 g/mol. The average molecular weight is 343 g/mol. The summed E-state index contributed by atoms with van der Waals surface area (Å²) in [6.45, 7) is 0.436. The van der Waals surface area contributed by atoms with E-state index in [2.05, 4.69) is 26.2 Å². The van der Waals surface area contributed by atoms with Gasteiger partial charge in [0.2, 0.25) is 0 Å². The second-order valence-electron chi connectivity index (χ2n) is 3.81. The van der Waals surface area contributed by atoms with E-state index >= 15 is 0 Å². The van der Waals surface area contributed by atoms with E-state index in [0.29, 0.717) is 16.7 Å². The lowest BCUT2D eigenvalue weighted by molar-refractivity contribution is 0.483. The largest absolute Gasteiger partial charge is 0.379 e. The van der Waals surface area contributed by atoms with Gasteiger partial charge in [0.05, 0.1) is 16.4 Å². The predicted molar refractivity (Wildman–Crippen MR) is 75.5 cm³/mol. The smallest absolute Gasteiger partial charge is 0.298 e. The first-order valence-electron chi connectivity index (χ1n) is 5.37. The zero-order valence-electron chi connectivity index (χ0n) is 9.75. The predicted octanol–water partition coefficient (Wildman–Crippen LogP) is 2.70. The van der Waals surface area contributed by atoms with Crippen LogP contribution in [0.1, 0.15) is 5.56 Å². The molecule has 0 aliphatic heterocycles. The quantitative estimate of drug-likeness (QED) is 0.835. The molecule has 0 fully saturated rings. The Morgan fingerprint density at radius 3 is 2.53 bits per heavy atom. The third-order valence-corrected chi connectivity index (χ3v) is 3.92. The number of hydrogen-bond donors (Lipinski definition) is 2. The van der Waals surface area contributed by atoms with Crippen LogP contribution in [0, 0.1) is 0 Å². The van der Waals surface area contributed by atoms with Crippen LogP contribution in [0.15, 0.2) is 52.1 Å². The van der Waals surface area contributed by atoms with Crippen LogP contribution < -0.4 is 5.32 Å². The van der Waals surface area contributed by atoms with E-state index in [1.807, 2.05) is 30.3 Å². The molecule has 100 valence electrons. The summed E-state index contributed by atoms with van der Waals surface area (Å²) >= 11 is 3.21. The molecule has 0 saturated carbocycles. The molecule has 0 spiro atoms. The van der Waals surface area contributed by atoms with Gasteiger partial charge in [0.15, 0.2) is 0 Å². The van der Waals surface area contributed by atoms with Crippen LogP contribution in [0.25, 0.3) is 0 Å². The number of hydrogen-bond acceptors (Lipinski definition) is 4. The summed E-state index contributed by atoms with van der Waals surface area (Å²) in [7, 11) is -4.32. The fraction of sp³-hybridized carbons (Fsp3) is 0.0833. The molecule has 7 heteroatoms. The Labute approximate surface area is 119 Å². The average Bonchev–Trinajstić information content (AvgIpc) is 2.37. The van der Waals surface area contributed by atoms with E-state index in [0.717, 1.165) is 11.8 Å². The Morgan fingerprint density at radius 2 is 1.89 bits per heavy atom. The second kappa shape index (κ2) is 5.68. The first-order valence-corrected chi connectivity index (χ1v) is 7.60. The highest BCUT2D eigenvalue weighted by atomic mass is 79.9. The number of halogens is 1. The highest BCUT2D eigenvalue weighted by molar-refractivity contribution is 9.10. The molecule has 0 unspecified atom stereocenters. The summed E-state index contributed by atoms with van der Waals surface area (Å²) in [5.41, 5.74) is 1.29. The molecule has 0 amide bonds. The van der Waals surface area contributed by atoms with E-state index in [1.54, 1.807) is 0 Å². The lowest BCUT2D eigenvalue weighted by Crippen LogP contribution is -2.08. The summed E-state index contributed by atoms with van der Waals surface area (Å²) < 4.78 is 32.2. The van der Waals surface area contributed by atoms with Gasteiger partial charge in [-0.15, -0.1) is 0 Å². The van der Waals surface area contributed by atoms with Gasteiger partial charge in [-0.3, -0.25) is 9.54 Å². The van der Waals surface area contributed by atoms with Gasteiger partial charge in [-0.25, -0.2) is 0 Å². The minimum atomic E-state index is -4.32. The molecule has 0 aliphatic rings. The molecule has 2 rings (SSSR count). The van der Waals surface area contributed by atoms with Gasteiger partial charge in [0.25, 0.3) is 10.1 Å². The van der Waals surface area contributed by atoms with Crippen LogP contribution >= 0.6 is 15.9 Å². The van der Waals surface area contributed by atoms with Crippen molar-refractivity contribution in [3.63, 3.8) is 0 Å². The van der Waals surface area contributed by atoms with Crippen LogP contribution in [0.3, 0.4) is 0 Å². The number of nitrogens with one attached hydrogen (secondary N) is 1. The van der Waals surface area contributed by atoms with Crippen molar-refractivity contribution in [2.75, 3.05) is 5.32 Å². The van der Waals surface area contributed by atoms with Gasteiger partial charge in [0, 0.05) is 12.7 Å². The van der Waals surface area contributed by atoms with Gasteiger partial charge in [-0.2, -0.15) is 8.42 Å². The Kier molecular flexibility index (Phi) is 4.18. The zero-order valence-corrected chi connectivity index (χ0v) is 12.1. The molecule has 5 nitrogen and oxygen atoms in total. The van der Waals surface area contributed by atoms with E-state index in [4.69, 9.17) is 4.55 Å². The van der Waals surface area contributed by atoms with Crippen molar-refractivity contribution < 1.29 is 13.0 Å². The zero-order chi connectivity index (χ0) is 13.9. The molecule has 1 aromatic heterocycles. The fourth-order valence-corrected chi connectivity index (χ4v) is 2.81. The normalized spacial score (nSPS) is 11.3. The van der Waals surface area contributed by atoms with Crippen LogP contribution in [0.5, 0.6) is 0 Å². The minimum Gasteiger partial charge on any atom is -0.379 e. The summed E-state index contributed by atoms with van der Waals surface area (Å²) in [6, 6.07) is 9.50. The number of pyridine rings is 1. The summed E-state index contributed by atoms with van der Waals surface area (Å²) in [5.74, 6) is 0. The lowest BCUT2D eigenvalue weighted by atomic mass is 10.2. The number of aromatic nitrogens is 1. The molecule has 1 heterocycles. The van der Waals surface area contributed by atoms with E-state index in [1.165, 1.54) is 6.20 Å². The molecule has 0 atom stereocenters. The Hall–Kier alpha value is -1.44. The molecular weight excluding hydrogens is 332 g/mol. The van der Waals surface area contributed by atoms with Gasteiger partial charge < -0.3 is 5.32 Å². The van der Waals surface area contributed by atoms with Crippen LogP contribution in [-0.2, 0) is 16.7 Å². The first-order chi connectivity index (χ1) is 8.98. The van der Waals surface area contributed by atoms with Gasteiger partial charge in [-0.1, -0.05) is 30.3 Å². The number of benzene rings is 1. The molecule has 2 N–H and O–H groups in total. The highest BCUT2D eigenvalue weighted by Crippen LogP contribution is 2.29. The van der Waals surface area contributed by atoms with Crippen LogP contribution in [0.2, 0.25) is 0 Å². The molecule has 0 bridgehead atoms. The van der Waals surface area contributed by atoms with Crippen molar-refractivity contribution in [2.45, 2.75) is 11.4 Å². The van der Waals surface area contributed by atoms with E-state index < -0.39 is 10.1 Å². The molecule has 19 heavy (non-hydrogen) atoms. The SMILES string of the molecule is O=S(=O)(O)c1cncc(Br)c1NCc1ccccc1. The maximum Gasteiger partial charge on any atom is 0.298 e. The fourth-order valence-electron chi connectivity index (χ4n) is 1.57. The van der Waals surface area contributed by atoms with E-state index in [-0.39, 0.29) is 4.90 Å². The third-order valence-electron chi connectivity index (χ3n) is 2.45. The van der Waals surface area contributed by atoms with Crippen LogP contribution in [0.4, 0.5) is 5.69 Å². The minimum absolute atomic E-state index is 0.252. The topological polar surface area (TPSA) is 79.3 Å². The molecule has 0 radical (unpaired) electrons. The summed E-state index contributed by atoms with van der Waals surface area (Å²) in [6.07, 6.45) is 2.56. The maximum absolute atomic E-state index is 11.3. The highest BCUT2D eigenvalue weighted by Gasteiger charge is 2.18. The lowest BCUT2D eigenvalue weighted by Gasteiger charge is -2.11. The molecule has 1 aromatic carbocycles. The second-order valence-corrected chi connectivity index (χ2v) is 6.05. The Balaban J connectivity index is 2.30. The molecule has 0 aliphatic carbocycles. The molecular formula is C12H11BrN2O3S. The van der Waals surface area contributed by atoms with Crippen molar-refractivity contribution in [3.8, 4) is 0 Å².